The first-order chi connectivity index (χ1) is 12.1. The highest BCUT2D eigenvalue weighted by molar-refractivity contribution is 7.99. The van der Waals surface area contributed by atoms with E-state index in [1.807, 2.05) is 24.3 Å². The summed E-state index contributed by atoms with van der Waals surface area (Å²) in [5.74, 6) is -0.632. The molecule has 0 aliphatic carbocycles. The van der Waals surface area contributed by atoms with E-state index >= 15 is 0 Å². The van der Waals surface area contributed by atoms with Crippen LogP contribution in [0.25, 0.3) is 11.0 Å². The topological polar surface area (TPSA) is 72.2 Å². The first-order valence-electron chi connectivity index (χ1n) is 8.10. The zero-order chi connectivity index (χ0) is 17.8. The molecule has 0 amide bonds. The second-order valence-electron chi connectivity index (χ2n) is 5.58. The molecule has 0 aliphatic rings. The number of fused-ring (bicyclic) bond motifs is 1. The van der Waals surface area contributed by atoms with Gasteiger partial charge >= 0.3 is 5.97 Å². The van der Waals surface area contributed by atoms with Gasteiger partial charge in [-0.3, -0.25) is 9.36 Å². The molecule has 6 heteroatoms. The first kappa shape index (κ1) is 17.2. The summed E-state index contributed by atoms with van der Waals surface area (Å²) in [6.45, 7) is 2.11. The minimum Gasteiger partial charge on any atom is -0.478 e. The maximum absolute atomic E-state index is 13.1. The number of para-hydroxylation sites is 2. The van der Waals surface area contributed by atoms with Crippen LogP contribution in [0.4, 0.5) is 0 Å². The van der Waals surface area contributed by atoms with Crippen LogP contribution in [0, 0.1) is 0 Å². The van der Waals surface area contributed by atoms with Gasteiger partial charge in [0, 0.05) is 5.75 Å². The zero-order valence-electron chi connectivity index (χ0n) is 13.8. The summed E-state index contributed by atoms with van der Waals surface area (Å²) >= 11 is 1.52. The predicted molar refractivity (Wildman–Crippen MR) is 98.5 cm³/mol. The second-order valence-corrected chi connectivity index (χ2v) is 6.64. The van der Waals surface area contributed by atoms with Gasteiger partial charge in [0.15, 0.2) is 5.16 Å². The number of unbranched alkanes of at least 4 members (excludes halogenated alkanes) is 1. The third-order valence-corrected chi connectivity index (χ3v) is 4.87. The van der Waals surface area contributed by atoms with Crippen LogP contribution in [0.15, 0.2) is 53.7 Å². The number of carbonyl (C=O) groups excluding carboxylic acids is 1. The molecule has 0 atom stereocenters. The number of carboxylic acids is 1. The van der Waals surface area contributed by atoms with Crippen LogP contribution in [0.3, 0.4) is 0 Å². The van der Waals surface area contributed by atoms with Gasteiger partial charge in [0.2, 0.25) is 0 Å². The summed E-state index contributed by atoms with van der Waals surface area (Å²) in [5, 5.41) is 9.98. The Labute approximate surface area is 149 Å². The van der Waals surface area contributed by atoms with Crippen LogP contribution in [-0.4, -0.2) is 32.3 Å². The quantitative estimate of drug-likeness (QED) is 0.527. The van der Waals surface area contributed by atoms with Gasteiger partial charge < -0.3 is 5.11 Å². The lowest BCUT2D eigenvalue weighted by atomic mass is 10.1. The Balaban J connectivity index is 2.12. The van der Waals surface area contributed by atoms with Gasteiger partial charge in [0.25, 0.3) is 5.91 Å². The van der Waals surface area contributed by atoms with E-state index in [9.17, 15) is 14.7 Å². The molecule has 3 rings (SSSR count). The Morgan fingerprint density at radius 1 is 1.08 bits per heavy atom. The molecule has 25 heavy (non-hydrogen) atoms. The number of thioether (sulfide) groups is 1. The van der Waals surface area contributed by atoms with E-state index < -0.39 is 5.97 Å². The number of rotatable bonds is 6. The Morgan fingerprint density at radius 2 is 1.76 bits per heavy atom. The molecule has 0 radical (unpaired) electrons. The van der Waals surface area contributed by atoms with E-state index in [0.29, 0.717) is 10.7 Å². The Bertz CT molecular complexity index is 933. The van der Waals surface area contributed by atoms with E-state index in [1.165, 1.54) is 22.4 Å². The van der Waals surface area contributed by atoms with Crippen molar-refractivity contribution in [2.45, 2.75) is 24.9 Å². The molecule has 0 fully saturated rings. The number of aromatic carboxylic acids is 1. The summed E-state index contributed by atoms with van der Waals surface area (Å²) < 4.78 is 1.53. The molecule has 0 saturated heterocycles. The zero-order valence-corrected chi connectivity index (χ0v) is 14.6. The monoisotopic (exact) mass is 354 g/mol. The number of imidazole rings is 1. The molecule has 1 aromatic heterocycles. The molecule has 0 saturated carbocycles. The number of nitrogens with zero attached hydrogens (tertiary/aromatic N) is 2. The number of carbonyl (C=O) groups is 2. The normalized spacial score (nSPS) is 10.9. The summed E-state index contributed by atoms with van der Waals surface area (Å²) in [6, 6.07) is 13.7. The van der Waals surface area contributed by atoms with Gasteiger partial charge in [0.1, 0.15) is 0 Å². The van der Waals surface area contributed by atoms with Crippen molar-refractivity contribution in [3.8, 4) is 0 Å². The molecule has 2 aromatic carbocycles. The number of aromatic nitrogens is 2. The van der Waals surface area contributed by atoms with Crippen LogP contribution >= 0.6 is 11.8 Å². The Hall–Kier alpha value is -2.60. The summed E-state index contributed by atoms with van der Waals surface area (Å²) in [7, 11) is 0. The molecule has 5 nitrogen and oxygen atoms in total. The number of carboxylic acid groups (broad SMARTS) is 1. The van der Waals surface area contributed by atoms with E-state index in [-0.39, 0.29) is 17.0 Å². The second kappa shape index (κ2) is 7.53. The van der Waals surface area contributed by atoms with Crippen LogP contribution in [0.2, 0.25) is 0 Å². The lowest BCUT2D eigenvalue weighted by Gasteiger charge is -2.09. The number of hydrogen-bond acceptors (Lipinski definition) is 4. The molecule has 128 valence electrons. The summed E-state index contributed by atoms with van der Waals surface area (Å²) in [4.78, 5) is 29.2. The fourth-order valence-electron chi connectivity index (χ4n) is 2.58. The van der Waals surface area contributed by atoms with Crippen LogP contribution in [0.1, 0.15) is 40.5 Å². The maximum atomic E-state index is 13.1. The fourth-order valence-corrected chi connectivity index (χ4v) is 3.67. The van der Waals surface area contributed by atoms with Crippen LogP contribution in [-0.2, 0) is 0 Å². The van der Waals surface area contributed by atoms with Gasteiger partial charge in [-0.1, -0.05) is 49.4 Å². The van der Waals surface area contributed by atoms with Gasteiger partial charge in [-0.25, -0.2) is 9.78 Å². The van der Waals surface area contributed by atoms with E-state index in [0.717, 1.165) is 24.1 Å². The van der Waals surface area contributed by atoms with E-state index in [1.54, 1.807) is 18.2 Å². The third kappa shape index (κ3) is 3.44. The van der Waals surface area contributed by atoms with Crippen molar-refractivity contribution < 1.29 is 14.7 Å². The molecule has 3 aromatic rings. The van der Waals surface area contributed by atoms with Crippen LogP contribution < -0.4 is 0 Å². The molecule has 1 N–H and O–H groups in total. The van der Waals surface area contributed by atoms with Crippen molar-refractivity contribution in [3.05, 3.63) is 59.7 Å². The summed E-state index contributed by atoms with van der Waals surface area (Å²) in [5.41, 5.74) is 1.57. The van der Waals surface area contributed by atoms with Crippen molar-refractivity contribution in [1.82, 2.24) is 9.55 Å². The van der Waals surface area contributed by atoms with E-state index in [2.05, 4.69) is 11.9 Å². The van der Waals surface area contributed by atoms with Gasteiger partial charge in [-0.05, 0) is 30.7 Å². The molecular weight excluding hydrogens is 336 g/mol. The standard InChI is InChI=1S/C19H18N2O3S/c1-2-3-12-25-19-20-15-10-6-7-11-16(15)21(19)17(22)13-8-4-5-9-14(13)18(23)24/h4-11H,2-3,12H2,1H3,(H,23,24). The van der Waals surface area contributed by atoms with Crippen molar-refractivity contribution in [3.63, 3.8) is 0 Å². The molecule has 0 aliphatic heterocycles. The van der Waals surface area contributed by atoms with Crippen molar-refractivity contribution in [2.75, 3.05) is 5.75 Å². The smallest absolute Gasteiger partial charge is 0.336 e. The minimum atomic E-state index is -1.12. The Morgan fingerprint density at radius 3 is 2.48 bits per heavy atom. The van der Waals surface area contributed by atoms with Crippen molar-refractivity contribution >= 4 is 34.7 Å². The highest BCUT2D eigenvalue weighted by Gasteiger charge is 2.22. The maximum Gasteiger partial charge on any atom is 0.336 e. The average Bonchev–Trinajstić information content (AvgIpc) is 2.99. The lowest BCUT2D eigenvalue weighted by molar-refractivity contribution is 0.0691. The van der Waals surface area contributed by atoms with Gasteiger partial charge in [-0.15, -0.1) is 0 Å². The molecule has 0 bridgehead atoms. The van der Waals surface area contributed by atoms with Gasteiger partial charge in [0.05, 0.1) is 22.2 Å². The van der Waals surface area contributed by atoms with E-state index in [4.69, 9.17) is 0 Å². The minimum absolute atomic E-state index is 0.00482. The third-order valence-electron chi connectivity index (χ3n) is 3.85. The fraction of sp³-hybridized carbons (Fsp3) is 0.211. The molecule has 1 heterocycles. The predicted octanol–water partition coefficient (Wildman–Crippen LogP) is 4.32. The Kier molecular flexibility index (Phi) is 5.19. The lowest BCUT2D eigenvalue weighted by Crippen LogP contribution is -2.17. The molecule has 0 unspecified atom stereocenters. The number of hydrogen-bond donors (Lipinski definition) is 1. The highest BCUT2D eigenvalue weighted by atomic mass is 32.2. The molecular formula is C19H18N2O3S. The van der Waals surface area contributed by atoms with Crippen molar-refractivity contribution in [2.24, 2.45) is 0 Å². The SMILES string of the molecule is CCCCSc1nc2ccccc2n1C(=O)c1ccccc1C(=O)O. The van der Waals surface area contributed by atoms with Gasteiger partial charge in [-0.2, -0.15) is 0 Å². The average molecular weight is 354 g/mol. The van der Waals surface area contributed by atoms with Crippen molar-refractivity contribution in [1.29, 1.82) is 0 Å². The summed E-state index contributed by atoms with van der Waals surface area (Å²) in [6.07, 6.45) is 2.08. The first-order valence-corrected chi connectivity index (χ1v) is 9.09. The largest absolute Gasteiger partial charge is 0.478 e. The highest BCUT2D eigenvalue weighted by Crippen LogP contribution is 2.26. The number of benzene rings is 2. The molecule has 0 spiro atoms. The van der Waals surface area contributed by atoms with Crippen LogP contribution in [0.5, 0.6) is 0 Å².